The summed E-state index contributed by atoms with van der Waals surface area (Å²) in [7, 11) is -3.79. The quantitative estimate of drug-likeness (QED) is 0.468. The molecular formula is C24H37IN4O6S. The Morgan fingerprint density at radius 3 is 1.67 bits per heavy atom. The first kappa shape index (κ1) is 28.8. The van der Waals surface area contributed by atoms with Crippen LogP contribution in [0.25, 0.3) is 0 Å². The van der Waals surface area contributed by atoms with E-state index in [1.165, 1.54) is 4.31 Å². The molecule has 0 atom stereocenters. The van der Waals surface area contributed by atoms with E-state index in [0.717, 1.165) is 3.57 Å². The lowest BCUT2D eigenvalue weighted by Gasteiger charge is -2.38. The number of hydrogen-bond acceptors (Lipinski definition) is 7. The second kappa shape index (κ2) is 10.9. The highest BCUT2D eigenvalue weighted by Crippen LogP contribution is 2.31. The molecule has 0 unspecified atom stereocenters. The Morgan fingerprint density at radius 1 is 0.778 bits per heavy atom. The maximum Gasteiger partial charge on any atom is 0.410 e. The molecule has 2 amide bonds. The van der Waals surface area contributed by atoms with Gasteiger partial charge in [-0.3, -0.25) is 0 Å². The van der Waals surface area contributed by atoms with Crippen LogP contribution in [-0.4, -0.2) is 98.3 Å². The minimum Gasteiger partial charge on any atom is -0.444 e. The molecule has 10 nitrogen and oxygen atoms in total. The number of nitrogens with zero attached hydrogens (tertiary/aromatic N) is 4. The zero-order chi connectivity index (χ0) is 26.9. The highest BCUT2D eigenvalue weighted by molar-refractivity contribution is 14.1. The third-order valence-electron chi connectivity index (χ3n) is 5.70. The summed E-state index contributed by atoms with van der Waals surface area (Å²) in [4.78, 5) is 30.3. The number of halogens is 1. The van der Waals surface area contributed by atoms with Crippen molar-refractivity contribution in [3.63, 3.8) is 0 Å². The smallest absolute Gasteiger partial charge is 0.410 e. The van der Waals surface area contributed by atoms with Gasteiger partial charge in [0.2, 0.25) is 10.0 Å². The van der Waals surface area contributed by atoms with Crippen molar-refractivity contribution in [3.05, 3.63) is 21.8 Å². The van der Waals surface area contributed by atoms with Gasteiger partial charge in [0.25, 0.3) is 0 Å². The van der Waals surface area contributed by atoms with Crippen LogP contribution in [0.3, 0.4) is 0 Å². The fourth-order valence-electron chi connectivity index (χ4n) is 3.99. The van der Waals surface area contributed by atoms with Crippen LogP contribution in [0.15, 0.2) is 23.1 Å². The number of ether oxygens (including phenoxy) is 2. The second-order valence-corrected chi connectivity index (χ2v) is 14.1. The molecule has 36 heavy (non-hydrogen) atoms. The second-order valence-electron chi connectivity index (χ2n) is 10.9. The largest absolute Gasteiger partial charge is 0.444 e. The lowest BCUT2D eigenvalue weighted by Crippen LogP contribution is -2.52. The Hall–Kier alpha value is -1.80. The normalized spacial score (nSPS) is 18.2. The molecule has 0 aromatic heterocycles. The highest BCUT2D eigenvalue weighted by atomic mass is 127. The molecule has 0 radical (unpaired) electrons. The van der Waals surface area contributed by atoms with E-state index in [2.05, 4.69) is 22.6 Å². The maximum absolute atomic E-state index is 13.7. The molecule has 3 rings (SSSR count). The van der Waals surface area contributed by atoms with Crippen molar-refractivity contribution in [1.29, 1.82) is 0 Å². The molecule has 12 heteroatoms. The van der Waals surface area contributed by atoms with Crippen LogP contribution >= 0.6 is 22.6 Å². The van der Waals surface area contributed by atoms with E-state index in [1.807, 2.05) is 31.7 Å². The molecule has 2 saturated heterocycles. The third-order valence-corrected chi connectivity index (χ3v) is 8.32. The lowest BCUT2D eigenvalue weighted by molar-refractivity contribution is 0.0191. The van der Waals surface area contributed by atoms with Crippen molar-refractivity contribution in [3.8, 4) is 0 Å². The summed E-state index contributed by atoms with van der Waals surface area (Å²) in [6.07, 6.45) is -0.794. The Kier molecular flexibility index (Phi) is 8.71. The molecule has 2 fully saturated rings. The number of carbonyl (C=O) groups excluding carboxylic acids is 2. The Bertz CT molecular complexity index is 1070. The summed E-state index contributed by atoms with van der Waals surface area (Å²) in [6.45, 7) is 13.7. The minimum atomic E-state index is -3.79. The predicted octanol–water partition coefficient (Wildman–Crippen LogP) is 3.59. The molecule has 0 bridgehead atoms. The SMILES string of the molecule is CC(C)(C)OC(=O)N1CCN(c2cc(I)ccc2S(=O)(=O)N2CCN(C(=O)OC(C)(C)C)CC2)CC1. The number of sulfonamides is 1. The average Bonchev–Trinajstić information content (AvgIpc) is 2.77. The van der Waals surface area contributed by atoms with Gasteiger partial charge in [-0.25, -0.2) is 18.0 Å². The van der Waals surface area contributed by atoms with E-state index >= 15 is 0 Å². The van der Waals surface area contributed by atoms with Crippen molar-refractivity contribution in [1.82, 2.24) is 14.1 Å². The Balaban J connectivity index is 1.71. The highest BCUT2D eigenvalue weighted by Gasteiger charge is 2.35. The van der Waals surface area contributed by atoms with E-state index in [-0.39, 0.29) is 37.2 Å². The zero-order valence-electron chi connectivity index (χ0n) is 21.9. The molecule has 0 N–H and O–H groups in total. The van der Waals surface area contributed by atoms with Gasteiger partial charge >= 0.3 is 12.2 Å². The topological polar surface area (TPSA) is 99.7 Å². The first-order chi connectivity index (χ1) is 16.6. The van der Waals surface area contributed by atoms with Gasteiger partial charge in [0.1, 0.15) is 16.1 Å². The molecule has 0 saturated carbocycles. The van der Waals surface area contributed by atoms with Crippen LogP contribution in [0.2, 0.25) is 0 Å². The van der Waals surface area contributed by atoms with Gasteiger partial charge in [0.05, 0.1) is 5.69 Å². The summed E-state index contributed by atoms with van der Waals surface area (Å²) in [5, 5.41) is 0. The molecule has 1 aromatic carbocycles. The molecule has 0 spiro atoms. The van der Waals surface area contributed by atoms with Gasteiger partial charge < -0.3 is 24.2 Å². The average molecular weight is 637 g/mol. The third kappa shape index (κ3) is 7.37. The number of anilines is 1. The summed E-state index contributed by atoms with van der Waals surface area (Å²) in [6, 6.07) is 5.30. The molecule has 2 aliphatic rings. The molecule has 2 aliphatic heterocycles. The van der Waals surface area contributed by atoms with Crippen LogP contribution in [0.1, 0.15) is 41.5 Å². The van der Waals surface area contributed by atoms with Crippen LogP contribution in [0, 0.1) is 3.57 Å². The van der Waals surface area contributed by atoms with Crippen molar-refractivity contribution >= 4 is 50.5 Å². The summed E-state index contributed by atoms with van der Waals surface area (Å²) < 4.78 is 40.6. The van der Waals surface area contributed by atoms with Crippen molar-refractivity contribution < 1.29 is 27.5 Å². The summed E-state index contributed by atoms with van der Waals surface area (Å²) >= 11 is 2.17. The lowest BCUT2D eigenvalue weighted by atomic mass is 10.2. The van der Waals surface area contributed by atoms with E-state index in [0.29, 0.717) is 31.9 Å². The molecule has 1 aromatic rings. The Morgan fingerprint density at radius 2 is 1.22 bits per heavy atom. The minimum absolute atomic E-state index is 0.194. The van der Waals surface area contributed by atoms with Gasteiger partial charge in [-0.15, -0.1) is 0 Å². The fraction of sp³-hybridized carbons (Fsp3) is 0.667. The molecular weight excluding hydrogens is 599 g/mol. The first-order valence-corrected chi connectivity index (χ1v) is 14.6. The van der Waals surface area contributed by atoms with Crippen molar-refractivity contribution in [2.75, 3.05) is 57.3 Å². The number of rotatable bonds is 3. The van der Waals surface area contributed by atoms with Gasteiger partial charge in [-0.1, -0.05) is 0 Å². The van der Waals surface area contributed by atoms with E-state index < -0.39 is 27.3 Å². The predicted molar refractivity (Wildman–Crippen MR) is 146 cm³/mol. The van der Waals surface area contributed by atoms with Gasteiger partial charge in [0, 0.05) is 55.9 Å². The number of piperazine rings is 2. The summed E-state index contributed by atoms with van der Waals surface area (Å²) in [5.41, 5.74) is -0.553. The van der Waals surface area contributed by atoms with Crippen LogP contribution in [-0.2, 0) is 19.5 Å². The van der Waals surface area contributed by atoms with Crippen molar-refractivity contribution in [2.45, 2.75) is 57.6 Å². The first-order valence-electron chi connectivity index (χ1n) is 12.1. The number of benzene rings is 1. The number of amides is 2. The fourth-order valence-corrected chi connectivity index (χ4v) is 6.08. The molecule has 2 heterocycles. The zero-order valence-corrected chi connectivity index (χ0v) is 24.9. The van der Waals surface area contributed by atoms with Crippen molar-refractivity contribution in [2.24, 2.45) is 0 Å². The summed E-state index contributed by atoms with van der Waals surface area (Å²) in [5.74, 6) is 0. The van der Waals surface area contributed by atoms with Gasteiger partial charge in [-0.2, -0.15) is 4.31 Å². The Labute approximate surface area is 228 Å². The van der Waals surface area contributed by atoms with E-state index in [9.17, 15) is 18.0 Å². The maximum atomic E-state index is 13.7. The monoisotopic (exact) mass is 636 g/mol. The van der Waals surface area contributed by atoms with Gasteiger partial charge in [-0.05, 0) is 82.3 Å². The van der Waals surface area contributed by atoms with Gasteiger partial charge in [0.15, 0.2) is 0 Å². The number of carbonyl (C=O) groups is 2. The number of hydrogen-bond donors (Lipinski definition) is 0. The van der Waals surface area contributed by atoms with Crippen LogP contribution in [0.5, 0.6) is 0 Å². The molecule has 0 aliphatic carbocycles. The standard InChI is InChI=1S/C24H37IN4O6S/c1-23(2,3)34-21(30)27-11-9-26(10-12-27)19-17-18(25)7-8-20(19)36(32,33)29-15-13-28(14-16-29)22(31)35-24(4,5)6/h7-8,17H,9-16H2,1-6H3. The van der Waals surface area contributed by atoms with Crippen LogP contribution in [0.4, 0.5) is 15.3 Å². The van der Waals surface area contributed by atoms with E-state index in [1.54, 1.807) is 42.7 Å². The van der Waals surface area contributed by atoms with Crippen LogP contribution < -0.4 is 4.90 Å². The van der Waals surface area contributed by atoms with E-state index in [4.69, 9.17) is 9.47 Å². The molecule has 202 valence electrons.